The van der Waals surface area contributed by atoms with E-state index >= 15 is 0 Å². The number of nitrogens with zero attached hydrogens (tertiary/aromatic N) is 2. The Morgan fingerprint density at radius 3 is 2.53 bits per heavy atom. The van der Waals surface area contributed by atoms with Crippen LogP contribution < -0.4 is 5.32 Å². The molecule has 2 aromatic rings. The van der Waals surface area contributed by atoms with Crippen molar-refractivity contribution in [3.05, 3.63) is 46.3 Å². The van der Waals surface area contributed by atoms with E-state index in [0.29, 0.717) is 6.07 Å². The van der Waals surface area contributed by atoms with Crippen molar-refractivity contribution in [1.82, 2.24) is 9.97 Å². The number of aromatic carboxylic acids is 1. The fourth-order valence-corrected chi connectivity index (χ4v) is 1.60. The highest BCUT2D eigenvalue weighted by atomic mass is 79.9. The Morgan fingerprint density at radius 1 is 1.21 bits per heavy atom. The lowest BCUT2D eigenvalue weighted by atomic mass is 10.3. The van der Waals surface area contributed by atoms with E-state index < -0.39 is 17.6 Å². The van der Waals surface area contributed by atoms with Gasteiger partial charge in [-0.1, -0.05) is 0 Å². The van der Waals surface area contributed by atoms with E-state index in [-0.39, 0.29) is 21.7 Å². The second-order valence-electron chi connectivity index (χ2n) is 3.46. The average Bonchev–Trinajstić information content (AvgIpc) is 2.36. The molecule has 0 aliphatic heterocycles. The van der Waals surface area contributed by atoms with Crippen molar-refractivity contribution in [2.24, 2.45) is 0 Å². The van der Waals surface area contributed by atoms with Gasteiger partial charge in [-0.2, -0.15) is 0 Å². The molecule has 19 heavy (non-hydrogen) atoms. The van der Waals surface area contributed by atoms with E-state index in [0.717, 1.165) is 12.4 Å². The number of carboxylic acids is 1. The number of halogens is 3. The van der Waals surface area contributed by atoms with Crippen LogP contribution in [-0.2, 0) is 0 Å². The van der Waals surface area contributed by atoms with Crippen molar-refractivity contribution in [3.8, 4) is 0 Å². The maximum Gasteiger partial charge on any atom is 0.356 e. The minimum Gasteiger partial charge on any atom is -0.476 e. The summed E-state index contributed by atoms with van der Waals surface area (Å²) in [6, 6.07) is 1.92. The quantitative estimate of drug-likeness (QED) is 0.847. The van der Waals surface area contributed by atoms with Crippen LogP contribution in [0.4, 0.5) is 20.3 Å². The van der Waals surface area contributed by atoms with Crippen molar-refractivity contribution >= 4 is 33.4 Å². The third kappa shape index (κ3) is 3.02. The minimum absolute atomic E-state index is 0.00866. The van der Waals surface area contributed by atoms with E-state index in [1.54, 1.807) is 0 Å². The largest absolute Gasteiger partial charge is 0.476 e. The number of hydrogen-bond donors (Lipinski definition) is 2. The summed E-state index contributed by atoms with van der Waals surface area (Å²) < 4.78 is 26.6. The molecule has 0 aliphatic carbocycles. The Labute approximate surface area is 114 Å². The lowest BCUT2D eigenvalue weighted by Crippen LogP contribution is -2.03. The van der Waals surface area contributed by atoms with Crippen molar-refractivity contribution in [2.75, 3.05) is 5.32 Å². The van der Waals surface area contributed by atoms with E-state index in [2.05, 4.69) is 31.2 Å². The summed E-state index contributed by atoms with van der Waals surface area (Å²) >= 11 is 2.93. The van der Waals surface area contributed by atoms with Crippen LogP contribution in [0.15, 0.2) is 29.0 Å². The summed E-state index contributed by atoms with van der Waals surface area (Å²) in [5.74, 6) is -2.60. The Hall–Kier alpha value is -2.09. The number of benzene rings is 1. The van der Waals surface area contributed by atoms with Gasteiger partial charge in [0.2, 0.25) is 0 Å². The summed E-state index contributed by atoms with van der Waals surface area (Å²) in [4.78, 5) is 17.9. The molecule has 0 saturated heterocycles. The molecule has 8 heteroatoms. The van der Waals surface area contributed by atoms with Crippen LogP contribution in [0.3, 0.4) is 0 Å². The fraction of sp³-hybridized carbons (Fsp3) is 0. The van der Waals surface area contributed by atoms with E-state index in [1.165, 1.54) is 6.07 Å². The van der Waals surface area contributed by atoms with E-state index in [1.807, 2.05) is 0 Å². The van der Waals surface area contributed by atoms with Crippen LogP contribution in [0.1, 0.15) is 10.5 Å². The second-order valence-corrected chi connectivity index (χ2v) is 4.32. The molecule has 0 atom stereocenters. The molecule has 1 aromatic heterocycles. The molecule has 0 saturated carbocycles. The van der Waals surface area contributed by atoms with Crippen molar-refractivity contribution < 1.29 is 18.7 Å². The highest BCUT2D eigenvalue weighted by Crippen LogP contribution is 2.25. The molecule has 0 amide bonds. The summed E-state index contributed by atoms with van der Waals surface area (Å²) in [6.07, 6.45) is 2.17. The first kappa shape index (κ1) is 13.3. The lowest BCUT2D eigenvalue weighted by molar-refractivity contribution is 0.0690. The lowest BCUT2D eigenvalue weighted by Gasteiger charge is -2.07. The molecule has 98 valence electrons. The van der Waals surface area contributed by atoms with E-state index in [9.17, 15) is 13.6 Å². The van der Waals surface area contributed by atoms with Gasteiger partial charge in [0.15, 0.2) is 5.69 Å². The predicted octanol–water partition coefficient (Wildman–Crippen LogP) is 2.96. The number of anilines is 2. The summed E-state index contributed by atoms with van der Waals surface area (Å²) in [6.45, 7) is 0. The standard InChI is InChI=1S/C11H6BrF2N3O2/c12-5-1-8(7(14)2-6(5)13)17-10-4-15-9(3-16-10)11(18)19/h1-4H,(H,16,17)(H,18,19). The molecule has 0 fully saturated rings. The molecule has 0 aliphatic rings. The Kier molecular flexibility index (Phi) is 3.70. The van der Waals surface area contributed by atoms with Crippen molar-refractivity contribution in [3.63, 3.8) is 0 Å². The molecule has 2 rings (SSSR count). The summed E-state index contributed by atoms with van der Waals surface area (Å²) in [5.41, 5.74) is -0.239. The number of hydrogen-bond acceptors (Lipinski definition) is 4. The van der Waals surface area contributed by atoms with Crippen molar-refractivity contribution in [1.29, 1.82) is 0 Å². The van der Waals surface area contributed by atoms with Gasteiger partial charge in [0.05, 0.1) is 22.6 Å². The van der Waals surface area contributed by atoms with Crippen LogP contribution in [0.5, 0.6) is 0 Å². The van der Waals surface area contributed by atoms with Gasteiger partial charge in [0, 0.05) is 6.07 Å². The molecule has 0 radical (unpaired) electrons. The highest BCUT2D eigenvalue weighted by Gasteiger charge is 2.10. The van der Waals surface area contributed by atoms with E-state index in [4.69, 9.17) is 5.11 Å². The number of carbonyl (C=O) groups is 1. The summed E-state index contributed by atoms with van der Waals surface area (Å²) in [7, 11) is 0. The SMILES string of the molecule is O=C(O)c1cnc(Nc2cc(Br)c(F)cc2F)cn1. The van der Waals surface area contributed by atoms with Gasteiger partial charge in [-0.05, 0) is 22.0 Å². The molecule has 5 nitrogen and oxygen atoms in total. The van der Waals surface area contributed by atoms with Gasteiger partial charge in [0.25, 0.3) is 0 Å². The van der Waals surface area contributed by atoms with Gasteiger partial charge in [-0.3, -0.25) is 0 Å². The minimum atomic E-state index is -1.21. The third-order valence-corrected chi connectivity index (χ3v) is 2.75. The maximum absolute atomic E-state index is 13.5. The Morgan fingerprint density at radius 2 is 1.95 bits per heavy atom. The zero-order valence-electron chi connectivity index (χ0n) is 9.19. The first-order valence-electron chi connectivity index (χ1n) is 4.94. The van der Waals surface area contributed by atoms with Gasteiger partial charge in [-0.15, -0.1) is 0 Å². The monoisotopic (exact) mass is 329 g/mol. The Bertz CT molecular complexity index is 635. The normalized spacial score (nSPS) is 10.3. The maximum atomic E-state index is 13.5. The van der Waals surface area contributed by atoms with Gasteiger partial charge in [0.1, 0.15) is 17.5 Å². The second kappa shape index (κ2) is 5.27. The molecule has 2 N–H and O–H groups in total. The number of rotatable bonds is 3. The smallest absolute Gasteiger partial charge is 0.356 e. The van der Waals surface area contributed by atoms with Crippen LogP contribution >= 0.6 is 15.9 Å². The van der Waals surface area contributed by atoms with Crippen molar-refractivity contribution in [2.45, 2.75) is 0 Å². The fourth-order valence-electron chi connectivity index (χ4n) is 1.26. The van der Waals surface area contributed by atoms with Crippen LogP contribution in [0.2, 0.25) is 0 Å². The molecule has 0 unspecified atom stereocenters. The van der Waals surface area contributed by atoms with Gasteiger partial charge >= 0.3 is 5.97 Å². The number of nitrogens with one attached hydrogen (secondary N) is 1. The highest BCUT2D eigenvalue weighted by molar-refractivity contribution is 9.10. The van der Waals surface area contributed by atoms with Crippen LogP contribution in [-0.4, -0.2) is 21.0 Å². The zero-order valence-corrected chi connectivity index (χ0v) is 10.8. The first-order valence-corrected chi connectivity index (χ1v) is 5.73. The number of aromatic nitrogens is 2. The zero-order chi connectivity index (χ0) is 14.0. The summed E-state index contributed by atoms with van der Waals surface area (Å²) in [5, 5.41) is 11.2. The van der Waals surface area contributed by atoms with Crippen LogP contribution in [0.25, 0.3) is 0 Å². The van der Waals surface area contributed by atoms with Gasteiger partial charge < -0.3 is 10.4 Å². The topological polar surface area (TPSA) is 75.1 Å². The average molecular weight is 330 g/mol. The number of carboxylic acid groups (broad SMARTS) is 1. The molecule has 1 heterocycles. The predicted molar refractivity (Wildman–Crippen MR) is 66.3 cm³/mol. The first-order chi connectivity index (χ1) is 8.97. The van der Waals surface area contributed by atoms with Crippen LogP contribution in [0, 0.1) is 11.6 Å². The molecular formula is C11H6BrF2N3O2. The third-order valence-electron chi connectivity index (χ3n) is 2.14. The molecular weight excluding hydrogens is 324 g/mol. The van der Waals surface area contributed by atoms with Gasteiger partial charge in [-0.25, -0.2) is 23.5 Å². The Balaban J connectivity index is 2.26. The molecule has 0 bridgehead atoms. The molecule has 1 aromatic carbocycles. The molecule has 0 spiro atoms.